The molecular formula is C23H23ClN2O2. The van der Waals surface area contributed by atoms with Crippen LogP contribution in [-0.2, 0) is 4.79 Å². The summed E-state index contributed by atoms with van der Waals surface area (Å²) >= 11 is 6.06. The molecule has 28 heavy (non-hydrogen) atoms. The zero-order valence-electron chi connectivity index (χ0n) is 15.9. The van der Waals surface area contributed by atoms with E-state index in [9.17, 15) is 4.79 Å². The van der Waals surface area contributed by atoms with Crippen molar-refractivity contribution in [2.24, 2.45) is 0 Å². The van der Waals surface area contributed by atoms with Crippen LogP contribution in [0.3, 0.4) is 0 Å². The molecule has 0 radical (unpaired) electrons. The summed E-state index contributed by atoms with van der Waals surface area (Å²) in [4.78, 5) is 12.8. The second kappa shape index (κ2) is 9.40. The van der Waals surface area contributed by atoms with Crippen molar-refractivity contribution >= 4 is 23.2 Å². The Morgan fingerprint density at radius 2 is 1.50 bits per heavy atom. The van der Waals surface area contributed by atoms with E-state index >= 15 is 0 Å². The molecule has 0 saturated heterocycles. The highest BCUT2D eigenvalue weighted by Crippen LogP contribution is 2.28. The van der Waals surface area contributed by atoms with E-state index in [0.717, 1.165) is 11.1 Å². The van der Waals surface area contributed by atoms with Crippen LogP contribution >= 0.6 is 11.6 Å². The van der Waals surface area contributed by atoms with E-state index in [2.05, 4.69) is 34.9 Å². The molecule has 0 bridgehead atoms. The SMILES string of the molecule is COc1ccc(Cl)cc1NC(=O)[C@H](C)NC(c1ccccc1)c1ccccc1. The van der Waals surface area contributed by atoms with E-state index in [0.29, 0.717) is 16.5 Å². The summed E-state index contributed by atoms with van der Waals surface area (Å²) in [6.45, 7) is 1.84. The summed E-state index contributed by atoms with van der Waals surface area (Å²) in [5.41, 5.74) is 2.73. The maximum Gasteiger partial charge on any atom is 0.241 e. The third kappa shape index (κ3) is 4.91. The van der Waals surface area contributed by atoms with Gasteiger partial charge in [-0.15, -0.1) is 0 Å². The minimum absolute atomic E-state index is 0.107. The highest BCUT2D eigenvalue weighted by molar-refractivity contribution is 6.31. The molecule has 1 amide bonds. The average molecular weight is 395 g/mol. The number of rotatable bonds is 7. The van der Waals surface area contributed by atoms with Gasteiger partial charge in [-0.25, -0.2) is 0 Å². The van der Waals surface area contributed by atoms with Gasteiger partial charge in [-0.2, -0.15) is 0 Å². The number of carbonyl (C=O) groups excluding carboxylic acids is 1. The summed E-state index contributed by atoms with van der Waals surface area (Å²) in [7, 11) is 1.56. The van der Waals surface area contributed by atoms with Crippen molar-refractivity contribution in [1.29, 1.82) is 0 Å². The molecule has 0 aromatic heterocycles. The molecule has 0 fully saturated rings. The quantitative estimate of drug-likeness (QED) is 0.589. The van der Waals surface area contributed by atoms with Crippen LogP contribution in [0.1, 0.15) is 24.1 Å². The van der Waals surface area contributed by atoms with Crippen molar-refractivity contribution in [1.82, 2.24) is 5.32 Å². The Morgan fingerprint density at radius 3 is 2.04 bits per heavy atom. The maximum absolute atomic E-state index is 12.8. The van der Waals surface area contributed by atoms with Gasteiger partial charge >= 0.3 is 0 Å². The van der Waals surface area contributed by atoms with Crippen molar-refractivity contribution in [3.8, 4) is 5.75 Å². The van der Waals surface area contributed by atoms with Crippen LogP contribution in [0.25, 0.3) is 0 Å². The van der Waals surface area contributed by atoms with Crippen molar-refractivity contribution in [3.05, 3.63) is 95.0 Å². The highest BCUT2D eigenvalue weighted by Gasteiger charge is 2.21. The number of methoxy groups -OCH3 is 1. The molecule has 1 atom stereocenters. The Balaban J connectivity index is 1.79. The zero-order chi connectivity index (χ0) is 19.9. The lowest BCUT2D eigenvalue weighted by molar-refractivity contribution is -0.117. The van der Waals surface area contributed by atoms with Gasteiger partial charge in [0.15, 0.2) is 0 Å². The second-order valence-electron chi connectivity index (χ2n) is 6.48. The lowest BCUT2D eigenvalue weighted by atomic mass is 9.98. The molecule has 4 nitrogen and oxygen atoms in total. The summed E-state index contributed by atoms with van der Waals surface area (Å²) < 4.78 is 5.31. The van der Waals surface area contributed by atoms with Crippen LogP contribution in [0.5, 0.6) is 5.75 Å². The fourth-order valence-electron chi connectivity index (χ4n) is 3.02. The van der Waals surface area contributed by atoms with Crippen molar-refractivity contribution in [2.75, 3.05) is 12.4 Å². The monoisotopic (exact) mass is 394 g/mol. The molecule has 0 aliphatic carbocycles. The van der Waals surface area contributed by atoms with Crippen LogP contribution in [0, 0.1) is 0 Å². The van der Waals surface area contributed by atoms with Gasteiger partial charge in [0.2, 0.25) is 5.91 Å². The molecular weight excluding hydrogens is 372 g/mol. The van der Waals surface area contributed by atoms with Gasteiger partial charge in [-0.1, -0.05) is 72.3 Å². The lowest BCUT2D eigenvalue weighted by Crippen LogP contribution is -2.40. The van der Waals surface area contributed by atoms with Crippen LogP contribution in [0.15, 0.2) is 78.9 Å². The Labute approximate surface area is 170 Å². The number of nitrogens with one attached hydrogen (secondary N) is 2. The molecule has 3 rings (SSSR count). The number of hydrogen-bond donors (Lipinski definition) is 2. The minimum atomic E-state index is -0.450. The number of hydrogen-bond acceptors (Lipinski definition) is 3. The first-order chi connectivity index (χ1) is 13.6. The van der Waals surface area contributed by atoms with Gasteiger partial charge in [0.25, 0.3) is 0 Å². The first-order valence-corrected chi connectivity index (χ1v) is 9.46. The number of anilines is 1. The molecule has 0 aliphatic rings. The minimum Gasteiger partial charge on any atom is -0.495 e. The predicted molar refractivity (Wildman–Crippen MR) is 114 cm³/mol. The first-order valence-electron chi connectivity index (χ1n) is 9.09. The number of halogens is 1. The van der Waals surface area contributed by atoms with Crippen LogP contribution < -0.4 is 15.4 Å². The summed E-state index contributed by atoms with van der Waals surface area (Å²) in [6.07, 6.45) is 0. The number of benzene rings is 3. The Kier molecular flexibility index (Phi) is 6.69. The molecule has 3 aromatic rings. The normalized spacial score (nSPS) is 11.9. The average Bonchev–Trinajstić information content (AvgIpc) is 2.73. The van der Waals surface area contributed by atoms with Gasteiger partial charge in [0.1, 0.15) is 5.75 Å². The summed E-state index contributed by atoms with van der Waals surface area (Å²) in [6, 6.07) is 24.7. The van der Waals surface area contributed by atoms with Gasteiger partial charge in [0, 0.05) is 5.02 Å². The maximum atomic E-state index is 12.8. The fourth-order valence-corrected chi connectivity index (χ4v) is 3.19. The topological polar surface area (TPSA) is 50.4 Å². The third-order valence-corrected chi connectivity index (χ3v) is 4.73. The molecule has 0 heterocycles. The highest BCUT2D eigenvalue weighted by atomic mass is 35.5. The molecule has 0 aliphatic heterocycles. The number of carbonyl (C=O) groups is 1. The Morgan fingerprint density at radius 1 is 0.929 bits per heavy atom. The molecule has 0 saturated carbocycles. The zero-order valence-corrected chi connectivity index (χ0v) is 16.6. The molecule has 0 spiro atoms. The largest absolute Gasteiger partial charge is 0.495 e. The van der Waals surface area contributed by atoms with Crippen molar-refractivity contribution < 1.29 is 9.53 Å². The van der Waals surface area contributed by atoms with E-state index in [1.807, 2.05) is 43.3 Å². The van der Waals surface area contributed by atoms with E-state index < -0.39 is 6.04 Å². The number of ether oxygens (including phenoxy) is 1. The lowest BCUT2D eigenvalue weighted by Gasteiger charge is -2.24. The third-order valence-electron chi connectivity index (χ3n) is 4.50. The summed E-state index contributed by atoms with van der Waals surface area (Å²) in [5.74, 6) is 0.394. The molecule has 2 N–H and O–H groups in total. The van der Waals surface area contributed by atoms with Gasteiger partial charge in [-0.3, -0.25) is 10.1 Å². The van der Waals surface area contributed by atoms with Crippen LogP contribution in [-0.4, -0.2) is 19.1 Å². The van der Waals surface area contributed by atoms with Gasteiger partial charge in [0.05, 0.1) is 24.9 Å². The standard InChI is InChI=1S/C23H23ClN2O2/c1-16(23(27)26-20-15-19(24)13-14-21(20)28-2)25-22(17-9-5-3-6-10-17)18-11-7-4-8-12-18/h3-16,22,25H,1-2H3,(H,26,27)/t16-/m0/s1. The van der Waals surface area contributed by atoms with Gasteiger partial charge < -0.3 is 10.1 Å². The van der Waals surface area contributed by atoms with E-state index in [4.69, 9.17) is 16.3 Å². The molecule has 3 aromatic carbocycles. The summed E-state index contributed by atoms with van der Waals surface area (Å²) in [5, 5.41) is 6.87. The fraction of sp³-hybridized carbons (Fsp3) is 0.174. The van der Waals surface area contributed by atoms with E-state index in [1.165, 1.54) is 0 Å². The second-order valence-corrected chi connectivity index (χ2v) is 6.91. The van der Waals surface area contributed by atoms with Crippen LogP contribution in [0.4, 0.5) is 5.69 Å². The molecule has 144 valence electrons. The number of amides is 1. The molecule has 5 heteroatoms. The first kappa shape index (κ1) is 19.9. The Hall–Kier alpha value is -2.82. The smallest absolute Gasteiger partial charge is 0.241 e. The van der Waals surface area contributed by atoms with Crippen molar-refractivity contribution in [3.63, 3.8) is 0 Å². The van der Waals surface area contributed by atoms with Gasteiger partial charge in [-0.05, 0) is 36.2 Å². The molecule has 0 unspecified atom stereocenters. The van der Waals surface area contributed by atoms with E-state index in [-0.39, 0.29) is 11.9 Å². The van der Waals surface area contributed by atoms with Crippen molar-refractivity contribution in [2.45, 2.75) is 19.0 Å². The van der Waals surface area contributed by atoms with E-state index in [1.54, 1.807) is 25.3 Å². The Bertz CT molecular complexity index is 877. The predicted octanol–water partition coefficient (Wildman–Crippen LogP) is 5.05. The van der Waals surface area contributed by atoms with Crippen LogP contribution in [0.2, 0.25) is 5.02 Å².